The fraction of sp³-hybridized carbons (Fsp3) is 0.150. The van der Waals surface area contributed by atoms with Gasteiger partial charge in [0.15, 0.2) is 0 Å². The van der Waals surface area contributed by atoms with Crippen LogP contribution in [0.2, 0.25) is 0 Å². The molecule has 0 aromatic heterocycles. The molecule has 0 aliphatic heterocycles. The first kappa shape index (κ1) is 37.0. The Morgan fingerprint density at radius 3 is 0.731 bits per heavy atom. The highest BCUT2D eigenvalue weighted by molar-refractivity contribution is 5.91. The minimum atomic E-state index is -1.49. The van der Waals surface area contributed by atoms with Crippen molar-refractivity contribution in [3.8, 4) is 0 Å². The van der Waals surface area contributed by atoms with E-state index in [-0.39, 0.29) is 44.5 Å². The molecule has 266 valence electrons. The normalized spacial score (nSPS) is 11.3. The Morgan fingerprint density at radius 2 is 0.577 bits per heavy atom. The Hall–Kier alpha value is -6.30. The van der Waals surface area contributed by atoms with Gasteiger partial charge in [-0.1, -0.05) is 48.5 Å². The van der Waals surface area contributed by atoms with E-state index in [1.807, 2.05) is 0 Å². The zero-order valence-electron chi connectivity index (χ0n) is 28.0. The first-order valence-corrected chi connectivity index (χ1v) is 15.6. The zero-order valence-corrected chi connectivity index (χ0v) is 28.0. The van der Waals surface area contributed by atoms with Crippen LogP contribution in [0.15, 0.2) is 72.8 Å². The molecule has 0 heterocycles. The van der Waals surface area contributed by atoms with Crippen LogP contribution in [0.4, 0.5) is 17.6 Å². The fourth-order valence-corrected chi connectivity index (χ4v) is 6.87. The number of aryl methyl sites for hydroxylation is 4. The maximum absolute atomic E-state index is 15.2. The van der Waals surface area contributed by atoms with Crippen LogP contribution in [0.1, 0.15) is 109 Å². The summed E-state index contributed by atoms with van der Waals surface area (Å²) < 4.78 is 61.0. The maximum Gasteiger partial charge on any atom is 0.338 e. The van der Waals surface area contributed by atoms with Gasteiger partial charge in [-0.05, 0) is 108 Å². The van der Waals surface area contributed by atoms with Crippen LogP contribution in [0.25, 0.3) is 0 Å². The van der Waals surface area contributed by atoms with Gasteiger partial charge in [-0.25, -0.2) is 36.7 Å². The predicted molar refractivity (Wildman–Crippen MR) is 181 cm³/mol. The molecule has 0 aliphatic rings. The number of rotatable bonds is 10. The number of aromatic carboxylic acids is 4. The molecular formula is C40H30F4O8. The van der Waals surface area contributed by atoms with Crippen molar-refractivity contribution in [2.24, 2.45) is 0 Å². The Kier molecular flexibility index (Phi) is 10.1. The first-order valence-electron chi connectivity index (χ1n) is 15.6. The van der Waals surface area contributed by atoms with Crippen molar-refractivity contribution in [3.05, 3.63) is 174 Å². The second-order valence-corrected chi connectivity index (χ2v) is 12.5. The third-order valence-electron chi connectivity index (χ3n) is 9.03. The van der Waals surface area contributed by atoms with Crippen LogP contribution in [-0.4, -0.2) is 44.3 Å². The van der Waals surface area contributed by atoms with Crippen LogP contribution in [0.3, 0.4) is 0 Å². The van der Waals surface area contributed by atoms with Crippen LogP contribution in [-0.2, 0) is 0 Å². The quantitative estimate of drug-likeness (QED) is 0.0830. The number of hydrogen-bond donors (Lipinski definition) is 4. The van der Waals surface area contributed by atoms with E-state index in [0.717, 1.165) is 24.3 Å². The lowest BCUT2D eigenvalue weighted by Crippen LogP contribution is -2.13. The highest BCUT2D eigenvalue weighted by Crippen LogP contribution is 2.39. The standard InChI is InChI=1S/C40H30F4O8/c1-17-9-23(13-27(41)31(17)37(45)46)35(24-10-18(2)32(38(47)48)28(42)14-24)21-5-7-22(8-6-21)36(25-11-19(3)33(39(49)50)29(43)15-25)26-12-20(4)34(40(51)52)30(44)16-26/h5-16,35-36H,1-4H3,(H,45,46)(H,47,48)(H,49,50)(H,51,52). The van der Waals surface area contributed by atoms with Crippen LogP contribution in [0.5, 0.6) is 0 Å². The predicted octanol–water partition coefficient (Wildman–Crippen LogP) is 8.63. The summed E-state index contributed by atoms with van der Waals surface area (Å²) >= 11 is 0. The van der Waals surface area contributed by atoms with Gasteiger partial charge in [-0.15, -0.1) is 0 Å². The second kappa shape index (κ2) is 14.1. The number of hydrogen-bond acceptors (Lipinski definition) is 4. The van der Waals surface area contributed by atoms with Crippen molar-refractivity contribution in [1.29, 1.82) is 0 Å². The summed E-state index contributed by atoms with van der Waals surface area (Å²) in [6, 6.07) is 16.0. The summed E-state index contributed by atoms with van der Waals surface area (Å²) in [5, 5.41) is 38.2. The number of carboxylic acid groups (broad SMARTS) is 4. The average Bonchev–Trinajstić information content (AvgIpc) is 3.00. The molecule has 5 aromatic carbocycles. The lowest BCUT2D eigenvalue weighted by atomic mass is 9.79. The van der Waals surface area contributed by atoms with Gasteiger partial charge in [0.1, 0.15) is 23.3 Å². The number of carboxylic acids is 4. The minimum Gasteiger partial charge on any atom is -0.478 e. The van der Waals surface area contributed by atoms with Crippen molar-refractivity contribution in [2.45, 2.75) is 39.5 Å². The summed E-state index contributed by atoms with van der Waals surface area (Å²) in [4.78, 5) is 46.9. The lowest BCUT2D eigenvalue weighted by molar-refractivity contribution is 0.0679. The molecular weight excluding hydrogens is 684 g/mol. The highest BCUT2D eigenvalue weighted by atomic mass is 19.1. The second-order valence-electron chi connectivity index (χ2n) is 12.5. The molecule has 4 N–H and O–H groups in total. The van der Waals surface area contributed by atoms with Crippen molar-refractivity contribution in [1.82, 2.24) is 0 Å². The maximum atomic E-state index is 15.2. The van der Waals surface area contributed by atoms with E-state index in [0.29, 0.717) is 11.1 Å². The molecule has 5 rings (SSSR count). The zero-order chi connectivity index (χ0) is 38.3. The van der Waals surface area contributed by atoms with Crippen LogP contribution < -0.4 is 0 Å². The molecule has 0 aliphatic carbocycles. The average molecular weight is 715 g/mol. The van der Waals surface area contributed by atoms with Crippen molar-refractivity contribution in [3.63, 3.8) is 0 Å². The van der Waals surface area contributed by atoms with E-state index in [9.17, 15) is 39.6 Å². The smallest absolute Gasteiger partial charge is 0.338 e. The highest BCUT2D eigenvalue weighted by Gasteiger charge is 2.28. The lowest BCUT2D eigenvalue weighted by Gasteiger charge is -2.24. The third kappa shape index (κ3) is 6.87. The largest absolute Gasteiger partial charge is 0.478 e. The van der Waals surface area contributed by atoms with E-state index in [1.54, 1.807) is 24.3 Å². The molecule has 0 saturated carbocycles. The van der Waals surface area contributed by atoms with E-state index in [4.69, 9.17) is 0 Å². The molecule has 0 atom stereocenters. The van der Waals surface area contributed by atoms with Gasteiger partial charge in [0.25, 0.3) is 0 Å². The Balaban J connectivity index is 1.74. The van der Waals surface area contributed by atoms with E-state index in [1.165, 1.54) is 52.0 Å². The number of carbonyl (C=O) groups is 4. The SMILES string of the molecule is Cc1cc(C(c2ccc(C(c3cc(C)c(C(=O)O)c(F)c3)c3cc(C)c(C(=O)O)c(F)c3)cc2)c2cc(C)c(C(=O)O)c(F)c2)cc(F)c1C(=O)O. The Bertz CT molecular complexity index is 1920. The summed E-state index contributed by atoms with van der Waals surface area (Å²) in [5.41, 5.74) is -0.224. The van der Waals surface area contributed by atoms with Gasteiger partial charge < -0.3 is 20.4 Å². The monoisotopic (exact) mass is 714 g/mol. The third-order valence-corrected chi connectivity index (χ3v) is 9.03. The fourth-order valence-electron chi connectivity index (χ4n) is 6.87. The van der Waals surface area contributed by atoms with Gasteiger partial charge in [0.05, 0.1) is 22.3 Å². The van der Waals surface area contributed by atoms with E-state index < -0.39 is 81.2 Å². The van der Waals surface area contributed by atoms with Crippen molar-refractivity contribution < 1.29 is 57.2 Å². The van der Waals surface area contributed by atoms with Gasteiger partial charge in [-0.3, -0.25) is 0 Å². The topological polar surface area (TPSA) is 149 Å². The minimum absolute atomic E-state index is 0.0768. The molecule has 0 spiro atoms. The Labute approximate surface area is 294 Å². The Morgan fingerprint density at radius 1 is 0.385 bits per heavy atom. The number of benzene rings is 5. The molecule has 12 heteroatoms. The first-order chi connectivity index (χ1) is 24.4. The summed E-state index contributed by atoms with van der Waals surface area (Å²) in [5.74, 6) is -12.1. The van der Waals surface area contributed by atoms with E-state index in [2.05, 4.69) is 0 Å². The summed E-state index contributed by atoms with van der Waals surface area (Å²) in [6.07, 6.45) is 0. The molecule has 0 amide bonds. The van der Waals surface area contributed by atoms with Crippen molar-refractivity contribution >= 4 is 23.9 Å². The van der Waals surface area contributed by atoms with E-state index >= 15 is 17.6 Å². The van der Waals surface area contributed by atoms with Gasteiger partial charge >= 0.3 is 23.9 Å². The molecule has 0 saturated heterocycles. The molecule has 0 fully saturated rings. The molecule has 8 nitrogen and oxygen atoms in total. The molecule has 52 heavy (non-hydrogen) atoms. The molecule has 0 bridgehead atoms. The molecule has 5 aromatic rings. The van der Waals surface area contributed by atoms with Crippen LogP contribution >= 0.6 is 0 Å². The molecule has 0 radical (unpaired) electrons. The number of halogens is 4. The van der Waals surface area contributed by atoms with Gasteiger partial charge in [0, 0.05) is 11.8 Å². The van der Waals surface area contributed by atoms with Gasteiger partial charge in [0.2, 0.25) is 0 Å². The summed E-state index contributed by atoms with van der Waals surface area (Å²) in [7, 11) is 0. The summed E-state index contributed by atoms with van der Waals surface area (Å²) in [6.45, 7) is 5.59. The van der Waals surface area contributed by atoms with Crippen molar-refractivity contribution in [2.75, 3.05) is 0 Å². The van der Waals surface area contributed by atoms with Gasteiger partial charge in [-0.2, -0.15) is 0 Å². The van der Waals surface area contributed by atoms with Crippen LogP contribution in [0, 0.1) is 51.0 Å². The molecule has 0 unspecified atom stereocenters.